The van der Waals surface area contributed by atoms with E-state index >= 15 is 0 Å². The van der Waals surface area contributed by atoms with Crippen LogP contribution in [0, 0.1) is 16.7 Å². The maximum absolute atomic E-state index is 3.73. The molecule has 1 aliphatic carbocycles. The SMILES string of the molecule is CC1(C)C(CNC2CCSC2)C1(C)C. The molecule has 0 aromatic rings. The third-order valence-corrected chi connectivity index (χ3v) is 6.02. The van der Waals surface area contributed by atoms with Crippen LogP contribution >= 0.6 is 11.8 Å². The van der Waals surface area contributed by atoms with Crippen molar-refractivity contribution in [3.63, 3.8) is 0 Å². The van der Waals surface area contributed by atoms with E-state index in [1.54, 1.807) is 0 Å². The van der Waals surface area contributed by atoms with Crippen LogP contribution in [0.5, 0.6) is 0 Å². The van der Waals surface area contributed by atoms with Gasteiger partial charge in [0.15, 0.2) is 0 Å². The van der Waals surface area contributed by atoms with E-state index in [0.717, 1.165) is 12.0 Å². The fraction of sp³-hybridized carbons (Fsp3) is 1.00. The Kier molecular flexibility index (Phi) is 2.64. The van der Waals surface area contributed by atoms with Gasteiger partial charge < -0.3 is 5.32 Å². The highest BCUT2D eigenvalue weighted by atomic mass is 32.2. The summed E-state index contributed by atoms with van der Waals surface area (Å²) in [5, 5.41) is 3.73. The second-order valence-corrected chi connectivity index (χ2v) is 7.11. The minimum Gasteiger partial charge on any atom is -0.313 e. The molecule has 1 aliphatic heterocycles. The van der Waals surface area contributed by atoms with Gasteiger partial charge in [-0.05, 0) is 35.5 Å². The number of hydrogen-bond donors (Lipinski definition) is 1. The van der Waals surface area contributed by atoms with E-state index in [1.165, 1.54) is 24.5 Å². The molecule has 82 valence electrons. The van der Waals surface area contributed by atoms with E-state index < -0.39 is 0 Å². The lowest BCUT2D eigenvalue weighted by molar-refractivity contribution is 0.457. The average molecular weight is 213 g/mol. The highest BCUT2D eigenvalue weighted by molar-refractivity contribution is 7.99. The number of hydrogen-bond acceptors (Lipinski definition) is 2. The zero-order chi connectivity index (χ0) is 10.4. The quantitative estimate of drug-likeness (QED) is 0.773. The van der Waals surface area contributed by atoms with Gasteiger partial charge in [-0.2, -0.15) is 11.8 Å². The molecule has 1 heterocycles. The lowest BCUT2D eigenvalue weighted by Gasteiger charge is -2.11. The number of nitrogens with one attached hydrogen (secondary N) is 1. The molecule has 1 unspecified atom stereocenters. The highest BCUT2D eigenvalue weighted by Crippen LogP contribution is 2.67. The summed E-state index contributed by atoms with van der Waals surface area (Å²) in [5.41, 5.74) is 1.09. The largest absolute Gasteiger partial charge is 0.313 e. The van der Waals surface area contributed by atoms with Crippen molar-refractivity contribution in [2.75, 3.05) is 18.1 Å². The fourth-order valence-electron chi connectivity index (χ4n) is 2.82. The van der Waals surface area contributed by atoms with Crippen molar-refractivity contribution in [3.05, 3.63) is 0 Å². The molecular weight excluding hydrogens is 190 g/mol. The van der Waals surface area contributed by atoms with Gasteiger partial charge in [-0.3, -0.25) is 0 Å². The van der Waals surface area contributed by atoms with E-state index in [2.05, 4.69) is 44.8 Å². The van der Waals surface area contributed by atoms with Crippen molar-refractivity contribution in [1.82, 2.24) is 5.32 Å². The third kappa shape index (κ3) is 1.61. The van der Waals surface area contributed by atoms with Gasteiger partial charge in [-0.15, -0.1) is 0 Å². The Hall–Kier alpha value is 0.310. The first-order valence-electron chi connectivity index (χ1n) is 5.77. The number of rotatable bonds is 3. The average Bonchev–Trinajstić information content (AvgIpc) is 2.54. The first-order valence-corrected chi connectivity index (χ1v) is 6.93. The minimum absolute atomic E-state index is 0.547. The Morgan fingerprint density at radius 1 is 1.21 bits per heavy atom. The summed E-state index contributed by atoms with van der Waals surface area (Å²) >= 11 is 2.09. The first-order chi connectivity index (χ1) is 6.46. The van der Waals surface area contributed by atoms with Crippen LogP contribution in [0.15, 0.2) is 0 Å². The van der Waals surface area contributed by atoms with Crippen molar-refractivity contribution < 1.29 is 0 Å². The Balaban J connectivity index is 1.77. The Morgan fingerprint density at radius 2 is 1.86 bits per heavy atom. The normalized spacial score (nSPS) is 34.7. The summed E-state index contributed by atoms with van der Waals surface area (Å²) in [6.45, 7) is 10.8. The van der Waals surface area contributed by atoms with Gasteiger partial charge in [-0.25, -0.2) is 0 Å². The molecule has 2 rings (SSSR count). The predicted octanol–water partition coefficient (Wildman–Crippen LogP) is 2.76. The summed E-state index contributed by atoms with van der Waals surface area (Å²) in [6, 6.07) is 0.798. The summed E-state index contributed by atoms with van der Waals surface area (Å²) in [5.74, 6) is 3.56. The van der Waals surface area contributed by atoms with Crippen LogP contribution < -0.4 is 5.32 Å². The molecule has 1 saturated heterocycles. The second kappa shape index (κ2) is 3.41. The van der Waals surface area contributed by atoms with Gasteiger partial charge in [0.1, 0.15) is 0 Å². The number of thioether (sulfide) groups is 1. The van der Waals surface area contributed by atoms with Crippen LogP contribution in [-0.2, 0) is 0 Å². The van der Waals surface area contributed by atoms with E-state index in [4.69, 9.17) is 0 Å². The molecule has 2 fully saturated rings. The summed E-state index contributed by atoms with van der Waals surface area (Å²) in [7, 11) is 0. The highest BCUT2D eigenvalue weighted by Gasteiger charge is 2.63. The van der Waals surface area contributed by atoms with Crippen LogP contribution in [0.3, 0.4) is 0 Å². The maximum atomic E-state index is 3.73. The molecule has 1 nitrogen and oxygen atoms in total. The lowest BCUT2D eigenvalue weighted by Crippen LogP contribution is -2.31. The van der Waals surface area contributed by atoms with Gasteiger partial charge in [0.25, 0.3) is 0 Å². The van der Waals surface area contributed by atoms with Crippen molar-refractivity contribution in [2.45, 2.75) is 40.2 Å². The zero-order valence-electron chi connectivity index (χ0n) is 9.89. The lowest BCUT2D eigenvalue weighted by atomic mass is 10.0. The molecule has 0 amide bonds. The Bertz CT molecular complexity index is 202. The molecule has 1 atom stereocenters. The Morgan fingerprint density at radius 3 is 2.29 bits per heavy atom. The summed E-state index contributed by atoms with van der Waals surface area (Å²) in [6.07, 6.45) is 1.37. The summed E-state index contributed by atoms with van der Waals surface area (Å²) in [4.78, 5) is 0. The Labute approximate surface area is 92.4 Å². The first kappa shape index (κ1) is 10.8. The fourth-order valence-corrected chi connectivity index (χ4v) is 4.01. The summed E-state index contributed by atoms with van der Waals surface area (Å²) < 4.78 is 0. The third-order valence-electron chi connectivity index (χ3n) is 4.86. The van der Waals surface area contributed by atoms with Crippen LogP contribution in [0.2, 0.25) is 0 Å². The van der Waals surface area contributed by atoms with Crippen LogP contribution in [-0.4, -0.2) is 24.1 Å². The molecule has 1 N–H and O–H groups in total. The molecule has 0 bridgehead atoms. The van der Waals surface area contributed by atoms with Gasteiger partial charge in [0.05, 0.1) is 0 Å². The van der Waals surface area contributed by atoms with E-state index in [-0.39, 0.29) is 0 Å². The van der Waals surface area contributed by atoms with Crippen molar-refractivity contribution in [3.8, 4) is 0 Å². The molecule has 2 aliphatic rings. The molecule has 0 radical (unpaired) electrons. The maximum Gasteiger partial charge on any atom is 0.0166 e. The van der Waals surface area contributed by atoms with Crippen LogP contribution in [0.1, 0.15) is 34.1 Å². The minimum atomic E-state index is 0.547. The smallest absolute Gasteiger partial charge is 0.0166 e. The predicted molar refractivity (Wildman–Crippen MR) is 64.8 cm³/mol. The molecule has 1 saturated carbocycles. The van der Waals surface area contributed by atoms with E-state index in [1.807, 2.05) is 0 Å². The molecule has 0 aromatic heterocycles. The van der Waals surface area contributed by atoms with E-state index in [0.29, 0.717) is 10.8 Å². The van der Waals surface area contributed by atoms with Gasteiger partial charge in [0.2, 0.25) is 0 Å². The van der Waals surface area contributed by atoms with Gasteiger partial charge in [0, 0.05) is 11.8 Å². The van der Waals surface area contributed by atoms with Gasteiger partial charge in [-0.1, -0.05) is 27.7 Å². The van der Waals surface area contributed by atoms with Crippen molar-refractivity contribution >= 4 is 11.8 Å². The topological polar surface area (TPSA) is 12.0 Å². The molecular formula is C12H23NS. The second-order valence-electron chi connectivity index (χ2n) is 5.96. The van der Waals surface area contributed by atoms with Crippen molar-refractivity contribution in [1.29, 1.82) is 0 Å². The van der Waals surface area contributed by atoms with Crippen LogP contribution in [0.4, 0.5) is 0 Å². The zero-order valence-corrected chi connectivity index (χ0v) is 10.7. The van der Waals surface area contributed by atoms with Crippen LogP contribution in [0.25, 0.3) is 0 Å². The van der Waals surface area contributed by atoms with Gasteiger partial charge >= 0.3 is 0 Å². The molecule has 2 heteroatoms. The molecule has 0 aromatic carbocycles. The van der Waals surface area contributed by atoms with Crippen molar-refractivity contribution in [2.24, 2.45) is 16.7 Å². The molecule has 0 spiro atoms. The van der Waals surface area contributed by atoms with E-state index in [9.17, 15) is 0 Å². The monoisotopic (exact) mass is 213 g/mol. The standard InChI is InChI=1S/C12H23NS/c1-11(2)10(12(11,3)4)7-13-9-5-6-14-8-9/h9-10,13H,5-8H2,1-4H3. The molecule has 14 heavy (non-hydrogen) atoms.